The number of hydrogen-bond acceptors (Lipinski definition) is 5. The van der Waals surface area contributed by atoms with Gasteiger partial charge in [0.05, 0.1) is 5.75 Å². The van der Waals surface area contributed by atoms with E-state index in [2.05, 4.69) is 37.8 Å². The van der Waals surface area contributed by atoms with Crippen molar-refractivity contribution in [2.75, 3.05) is 6.54 Å². The fourth-order valence-electron chi connectivity index (χ4n) is 1.65. The molecule has 0 saturated heterocycles. The van der Waals surface area contributed by atoms with Gasteiger partial charge in [-0.15, -0.1) is 0 Å². The zero-order chi connectivity index (χ0) is 13.6. The number of nitrogens with two attached hydrogens (primary N) is 1. The minimum atomic E-state index is 0.246. The molecule has 0 atom stereocenters. The highest BCUT2D eigenvalue weighted by Gasteiger charge is 2.18. The van der Waals surface area contributed by atoms with Crippen molar-refractivity contribution in [3.63, 3.8) is 0 Å². The third kappa shape index (κ3) is 5.87. The molecule has 1 rings (SSSR count). The van der Waals surface area contributed by atoms with Crippen molar-refractivity contribution in [2.24, 2.45) is 11.1 Å². The molecule has 18 heavy (non-hydrogen) atoms. The predicted molar refractivity (Wildman–Crippen MR) is 76.5 cm³/mol. The minimum absolute atomic E-state index is 0.246. The van der Waals surface area contributed by atoms with Crippen LogP contribution in [0.2, 0.25) is 0 Å². The van der Waals surface area contributed by atoms with E-state index in [0.717, 1.165) is 43.3 Å². The van der Waals surface area contributed by atoms with Crippen molar-refractivity contribution in [3.8, 4) is 0 Å². The highest BCUT2D eigenvalue weighted by Crippen LogP contribution is 2.26. The molecule has 0 unspecified atom stereocenters. The molecule has 0 aromatic carbocycles. The van der Waals surface area contributed by atoms with E-state index in [1.165, 1.54) is 0 Å². The van der Waals surface area contributed by atoms with E-state index in [-0.39, 0.29) is 5.41 Å². The van der Waals surface area contributed by atoms with Crippen LogP contribution in [-0.2, 0) is 12.2 Å². The van der Waals surface area contributed by atoms with Crippen molar-refractivity contribution in [1.82, 2.24) is 10.1 Å². The Bertz CT molecular complexity index is 350. The van der Waals surface area contributed by atoms with Crippen LogP contribution in [0.4, 0.5) is 0 Å². The molecule has 0 fully saturated rings. The quantitative estimate of drug-likeness (QED) is 0.787. The molecule has 0 saturated carbocycles. The lowest BCUT2D eigenvalue weighted by Crippen LogP contribution is -2.17. The molecule has 0 amide bonds. The highest BCUT2D eigenvalue weighted by atomic mass is 32.2. The van der Waals surface area contributed by atoms with Crippen LogP contribution in [-0.4, -0.2) is 21.9 Å². The topological polar surface area (TPSA) is 64.9 Å². The zero-order valence-corrected chi connectivity index (χ0v) is 12.7. The fraction of sp³-hybridized carbons (Fsp3) is 0.846. The average molecular weight is 271 g/mol. The van der Waals surface area contributed by atoms with Gasteiger partial charge in [0.1, 0.15) is 0 Å². The molecule has 1 heterocycles. The number of aryl methyl sites for hydroxylation is 1. The van der Waals surface area contributed by atoms with E-state index in [4.69, 9.17) is 10.3 Å². The first kappa shape index (κ1) is 15.5. The van der Waals surface area contributed by atoms with Crippen LogP contribution in [0.15, 0.2) is 4.52 Å². The van der Waals surface area contributed by atoms with Gasteiger partial charge >= 0.3 is 0 Å². The van der Waals surface area contributed by atoms with Gasteiger partial charge in [-0.2, -0.15) is 16.7 Å². The Morgan fingerprint density at radius 2 is 2.06 bits per heavy atom. The average Bonchev–Trinajstić information content (AvgIpc) is 2.72. The van der Waals surface area contributed by atoms with E-state index in [0.29, 0.717) is 5.25 Å². The minimum Gasteiger partial charge on any atom is -0.339 e. The van der Waals surface area contributed by atoms with Crippen molar-refractivity contribution in [1.29, 1.82) is 0 Å². The summed E-state index contributed by atoms with van der Waals surface area (Å²) in [7, 11) is 0. The molecule has 1 aromatic rings. The summed E-state index contributed by atoms with van der Waals surface area (Å²) in [6, 6.07) is 0. The van der Waals surface area contributed by atoms with Gasteiger partial charge in [-0.05, 0) is 30.1 Å². The normalized spacial score (nSPS) is 12.3. The first-order chi connectivity index (χ1) is 8.43. The van der Waals surface area contributed by atoms with Crippen LogP contribution in [0.1, 0.15) is 52.3 Å². The molecule has 0 radical (unpaired) electrons. The maximum Gasteiger partial charge on any atom is 0.226 e. The number of rotatable bonds is 8. The van der Waals surface area contributed by atoms with Gasteiger partial charge in [-0.1, -0.05) is 32.9 Å². The SMILES string of the molecule is CC(C)SCc1noc(CCC(C)(C)CCN)n1. The van der Waals surface area contributed by atoms with Gasteiger partial charge in [-0.25, -0.2) is 0 Å². The Balaban J connectivity index is 2.39. The molecule has 104 valence electrons. The van der Waals surface area contributed by atoms with Gasteiger partial charge < -0.3 is 10.3 Å². The van der Waals surface area contributed by atoms with E-state index in [1.807, 2.05) is 11.8 Å². The third-order valence-corrected chi connectivity index (χ3v) is 3.98. The maximum absolute atomic E-state index is 5.60. The van der Waals surface area contributed by atoms with Crippen molar-refractivity contribution >= 4 is 11.8 Å². The Morgan fingerprint density at radius 3 is 2.67 bits per heavy atom. The molecular weight excluding hydrogens is 246 g/mol. The molecule has 0 aliphatic heterocycles. The van der Waals surface area contributed by atoms with Crippen LogP contribution in [0.3, 0.4) is 0 Å². The molecule has 0 aliphatic carbocycles. The second kappa shape index (κ2) is 7.14. The number of thioether (sulfide) groups is 1. The molecule has 0 bridgehead atoms. The highest BCUT2D eigenvalue weighted by molar-refractivity contribution is 7.99. The van der Waals surface area contributed by atoms with Crippen molar-refractivity contribution in [2.45, 2.75) is 58.0 Å². The number of hydrogen-bond donors (Lipinski definition) is 1. The summed E-state index contributed by atoms with van der Waals surface area (Å²) in [5.74, 6) is 2.38. The molecule has 1 aromatic heterocycles. The smallest absolute Gasteiger partial charge is 0.226 e. The van der Waals surface area contributed by atoms with Crippen LogP contribution >= 0.6 is 11.8 Å². The van der Waals surface area contributed by atoms with Crippen LogP contribution < -0.4 is 5.73 Å². The zero-order valence-electron chi connectivity index (χ0n) is 11.9. The summed E-state index contributed by atoms with van der Waals surface area (Å²) in [6.45, 7) is 9.52. The fourth-order valence-corrected chi connectivity index (χ4v) is 2.25. The Morgan fingerprint density at radius 1 is 1.33 bits per heavy atom. The molecule has 4 nitrogen and oxygen atoms in total. The Hall–Kier alpha value is -0.550. The van der Waals surface area contributed by atoms with Gasteiger partial charge in [-0.3, -0.25) is 0 Å². The van der Waals surface area contributed by atoms with Crippen molar-refractivity contribution < 1.29 is 4.52 Å². The Kier molecular flexibility index (Phi) is 6.15. The summed E-state index contributed by atoms with van der Waals surface area (Å²) >= 11 is 1.83. The van der Waals surface area contributed by atoms with Gasteiger partial charge in [0.25, 0.3) is 0 Å². The first-order valence-electron chi connectivity index (χ1n) is 6.56. The summed E-state index contributed by atoms with van der Waals surface area (Å²) < 4.78 is 5.26. The molecule has 5 heteroatoms. The van der Waals surface area contributed by atoms with Crippen molar-refractivity contribution in [3.05, 3.63) is 11.7 Å². The monoisotopic (exact) mass is 271 g/mol. The lowest BCUT2D eigenvalue weighted by molar-refractivity contribution is 0.289. The molecule has 0 spiro atoms. The third-order valence-electron chi connectivity index (χ3n) is 2.89. The molecule has 0 aliphatic rings. The van der Waals surface area contributed by atoms with E-state index < -0.39 is 0 Å². The van der Waals surface area contributed by atoms with Gasteiger partial charge in [0.2, 0.25) is 5.89 Å². The number of aromatic nitrogens is 2. The van der Waals surface area contributed by atoms with Crippen LogP contribution in [0.25, 0.3) is 0 Å². The summed E-state index contributed by atoms with van der Waals surface area (Å²) in [5, 5.41) is 4.60. The lowest BCUT2D eigenvalue weighted by atomic mass is 9.84. The molecule has 2 N–H and O–H groups in total. The van der Waals surface area contributed by atoms with Crippen LogP contribution in [0.5, 0.6) is 0 Å². The second-order valence-electron chi connectivity index (χ2n) is 5.67. The lowest BCUT2D eigenvalue weighted by Gasteiger charge is -2.22. The predicted octanol–water partition coefficient (Wildman–Crippen LogP) is 3.02. The molecular formula is C13H25N3OS. The van der Waals surface area contributed by atoms with E-state index >= 15 is 0 Å². The van der Waals surface area contributed by atoms with E-state index in [1.54, 1.807) is 0 Å². The van der Waals surface area contributed by atoms with E-state index in [9.17, 15) is 0 Å². The number of nitrogens with zero attached hydrogens (tertiary/aromatic N) is 2. The first-order valence-corrected chi connectivity index (χ1v) is 7.61. The van der Waals surface area contributed by atoms with Gasteiger partial charge in [0.15, 0.2) is 5.82 Å². The largest absolute Gasteiger partial charge is 0.339 e. The van der Waals surface area contributed by atoms with Crippen LogP contribution in [0, 0.1) is 5.41 Å². The maximum atomic E-state index is 5.60. The standard InChI is InChI=1S/C13H25N3OS/c1-10(2)18-9-11-15-12(17-16-11)5-6-13(3,4)7-8-14/h10H,5-9,14H2,1-4H3. The second-order valence-corrected chi connectivity index (χ2v) is 7.23. The van der Waals surface area contributed by atoms with Gasteiger partial charge in [0, 0.05) is 6.42 Å². The Labute approximate surface area is 114 Å². The summed E-state index contributed by atoms with van der Waals surface area (Å²) in [4.78, 5) is 4.42. The summed E-state index contributed by atoms with van der Waals surface area (Å²) in [5.41, 5.74) is 5.85. The summed E-state index contributed by atoms with van der Waals surface area (Å²) in [6.07, 6.45) is 2.90.